The Morgan fingerprint density at radius 2 is 1.73 bits per heavy atom. The summed E-state index contributed by atoms with van der Waals surface area (Å²) in [7, 11) is 0. The minimum absolute atomic E-state index is 0.765. The molecule has 0 radical (unpaired) electrons. The number of hydrogen-bond donors (Lipinski definition) is 0. The zero-order valence-electron chi connectivity index (χ0n) is 17.4. The van der Waals surface area contributed by atoms with Crippen LogP contribution in [0.4, 0.5) is 0 Å². The van der Waals surface area contributed by atoms with Gasteiger partial charge in [-0.25, -0.2) is 4.68 Å². The molecule has 3 heterocycles. The first kappa shape index (κ1) is 18.7. The third-order valence-electron chi connectivity index (χ3n) is 5.31. The lowest BCUT2D eigenvalue weighted by Crippen LogP contribution is -2.02. The van der Waals surface area contributed by atoms with Gasteiger partial charge in [0.15, 0.2) is 10.8 Å². The second-order valence-corrected chi connectivity index (χ2v) is 8.50. The Hall–Kier alpha value is -3.32. The molecule has 2 aromatic carbocycles. The number of rotatable bonds is 4. The van der Waals surface area contributed by atoms with Gasteiger partial charge in [0, 0.05) is 5.56 Å². The number of para-hydroxylation sites is 1. The maximum Gasteiger partial charge on any atom is 0.235 e. The zero-order chi connectivity index (χ0) is 20.8. The van der Waals surface area contributed by atoms with Crippen molar-refractivity contribution in [2.45, 2.75) is 34.1 Å². The first-order valence-electron chi connectivity index (χ1n) is 9.99. The Kier molecular flexibility index (Phi) is 4.47. The third kappa shape index (κ3) is 3.02. The molecule has 0 unspecified atom stereocenters. The van der Waals surface area contributed by atoms with Gasteiger partial charge in [-0.3, -0.25) is 0 Å². The number of hydrogen-bond acceptors (Lipinski definition) is 5. The standard InChI is InChI=1S/C23H22N6S/c1-5-17-8-6-7-9-20(17)28-16(4)19(13-24-28)22-27-29-21(25-26-23(29)30-22)18-11-14(2)10-15(3)12-18/h6-13H,5H2,1-4H3. The van der Waals surface area contributed by atoms with Crippen molar-refractivity contribution in [3.63, 3.8) is 0 Å². The molecule has 0 saturated heterocycles. The molecule has 0 aliphatic heterocycles. The maximum absolute atomic E-state index is 4.85. The molecule has 5 aromatic rings. The normalized spacial score (nSPS) is 11.5. The highest BCUT2D eigenvalue weighted by Gasteiger charge is 2.19. The average molecular weight is 415 g/mol. The van der Waals surface area contributed by atoms with Gasteiger partial charge in [-0.05, 0) is 51.0 Å². The summed E-state index contributed by atoms with van der Waals surface area (Å²) in [5.41, 5.74) is 7.89. The second kappa shape index (κ2) is 7.18. The molecule has 30 heavy (non-hydrogen) atoms. The van der Waals surface area contributed by atoms with Crippen LogP contribution in [0.25, 0.3) is 32.6 Å². The molecule has 0 spiro atoms. The summed E-state index contributed by atoms with van der Waals surface area (Å²) >= 11 is 1.53. The first-order valence-corrected chi connectivity index (χ1v) is 10.8. The van der Waals surface area contributed by atoms with Gasteiger partial charge in [-0.1, -0.05) is 53.7 Å². The monoisotopic (exact) mass is 414 g/mol. The predicted octanol–water partition coefficient (Wildman–Crippen LogP) is 5.19. The Bertz CT molecular complexity index is 1350. The van der Waals surface area contributed by atoms with Gasteiger partial charge in [0.05, 0.1) is 23.1 Å². The Balaban J connectivity index is 1.60. The highest BCUT2D eigenvalue weighted by Crippen LogP contribution is 2.31. The van der Waals surface area contributed by atoms with Gasteiger partial charge in [-0.15, -0.1) is 10.2 Å². The van der Waals surface area contributed by atoms with E-state index < -0.39 is 0 Å². The lowest BCUT2D eigenvalue weighted by Gasteiger charge is -2.09. The second-order valence-electron chi connectivity index (χ2n) is 7.54. The van der Waals surface area contributed by atoms with Gasteiger partial charge in [0.25, 0.3) is 0 Å². The van der Waals surface area contributed by atoms with E-state index in [1.54, 1.807) is 0 Å². The third-order valence-corrected chi connectivity index (χ3v) is 6.24. The molecule has 0 amide bonds. The molecule has 0 aliphatic carbocycles. The van der Waals surface area contributed by atoms with Crippen LogP contribution in [0.5, 0.6) is 0 Å². The lowest BCUT2D eigenvalue weighted by atomic mass is 10.1. The summed E-state index contributed by atoms with van der Waals surface area (Å²) < 4.78 is 3.84. The summed E-state index contributed by atoms with van der Waals surface area (Å²) in [4.78, 5) is 0.778. The molecule has 0 N–H and O–H groups in total. The van der Waals surface area contributed by atoms with Crippen LogP contribution in [0, 0.1) is 20.8 Å². The average Bonchev–Trinajstić information content (AvgIpc) is 3.40. The number of fused-ring (bicyclic) bond motifs is 1. The van der Waals surface area contributed by atoms with Crippen molar-refractivity contribution in [2.24, 2.45) is 0 Å². The smallest absolute Gasteiger partial charge is 0.235 e. The van der Waals surface area contributed by atoms with E-state index in [0.29, 0.717) is 0 Å². The summed E-state index contributed by atoms with van der Waals surface area (Å²) in [5.74, 6) is 0.765. The highest BCUT2D eigenvalue weighted by atomic mass is 32.1. The van der Waals surface area contributed by atoms with E-state index in [1.165, 1.54) is 28.0 Å². The Labute approximate surface area is 178 Å². The fourth-order valence-corrected chi connectivity index (χ4v) is 4.79. The van der Waals surface area contributed by atoms with Gasteiger partial charge < -0.3 is 0 Å². The molecular formula is C23H22N6S. The van der Waals surface area contributed by atoms with Crippen molar-refractivity contribution in [1.29, 1.82) is 0 Å². The molecule has 3 aromatic heterocycles. The van der Waals surface area contributed by atoms with Crippen molar-refractivity contribution in [3.05, 3.63) is 71.0 Å². The fraction of sp³-hybridized carbons (Fsp3) is 0.217. The van der Waals surface area contributed by atoms with Crippen molar-refractivity contribution in [2.75, 3.05) is 0 Å². The van der Waals surface area contributed by atoms with Crippen molar-refractivity contribution >= 4 is 16.3 Å². The molecule has 0 bridgehead atoms. The molecule has 6 nitrogen and oxygen atoms in total. The highest BCUT2D eigenvalue weighted by molar-refractivity contribution is 7.19. The van der Waals surface area contributed by atoms with Crippen LogP contribution in [-0.2, 0) is 6.42 Å². The first-order chi connectivity index (χ1) is 14.5. The summed E-state index contributed by atoms with van der Waals surface area (Å²) in [6.45, 7) is 8.43. The number of aromatic nitrogens is 6. The van der Waals surface area contributed by atoms with Crippen molar-refractivity contribution in [1.82, 2.24) is 29.6 Å². The number of aryl methyl sites for hydroxylation is 3. The molecule has 0 aliphatic rings. The van der Waals surface area contributed by atoms with E-state index in [4.69, 9.17) is 5.10 Å². The number of benzene rings is 2. The molecule has 7 heteroatoms. The quantitative estimate of drug-likeness (QED) is 0.406. The Morgan fingerprint density at radius 3 is 2.50 bits per heavy atom. The summed E-state index contributed by atoms with van der Waals surface area (Å²) in [6.07, 6.45) is 2.85. The van der Waals surface area contributed by atoms with Crippen molar-refractivity contribution < 1.29 is 0 Å². The predicted molar refractivity (Wildman–Crippen MR) is 120 cm³/mol. The van der Waals surface area contributed by atoms with E-state index >= 15 is 0 Å². The lowest BCUT2D eigenvalue weighted by molar-refractivity contribution is 0.832. The largest absolute Gasteiger partial charge is 0.237 e. The summed E-state index contributed by atoms with van der Waals surface area (Å²) in [6, 6.07) is 14.8. The van der Waals surface area contributed by atoms with E-state index in [0.717, 1.165) is 44.7 Å². The van der Waals surface area contributed by atoms with Crippen molar-refractivity contribution in [3.8, 4) is 27.6 Å². The van der Waals surface area contributed by atoms with E-state index in [1.807, 2.05) is 15.4 Å². The molecular weight excluding hydrogens is 392 g/mol. The molecule has 0 saturated carbocycles. The van der Waals surface area contributed by atoms with Crippen LogP contribution in [0.3, 0.4) is 0 Å². The van der Waals surface area contributed by atoms with Crippen LogP contribution < -0.4 is 0 Å². The molecule has 0 fully saturated rings. The topological polar surface area (TPSA) is 60.9 Å². The molecule has 0 atom stereocenters. The zero-order valence-corrected chi connectivity index (χ0v) is 18.2. The van der Waals surface area contributed by atoms with Gasteiger partial charge in [0.2, 0.25) is 4.96 Å². The van der Waals surface area contributed by atoms with Crippen LogP contribution in [0.15, 0.2) is 48.7 Å². The van der Waals surface area contributed by atoms with Crippen LogP contribution >= 0.6 is 11.3 Å². The SMILES string of the molecule is CCc1ccccc1-n1ncc(-c2nn3c(-c4cc(C)cc(C)c4)nnc3s2)c1C. The van der Waals surface area contributed by atoms with Crippen LogP contribution in [-0.4, -0.2) is 29.6 Å². The fourth-order valence-electron chi connectivity index (χ4n) is 3.89. The molecule has 5 rings (SSSR count). The van der Waals surface area contributed by atoms with E-state index in [2.05, 4.69) is 85.5 Å². The minimum atomic E-state index is 0.765. The van der Waals surface area contributed by atoms with Gasteiger partial charge in [-0.2, -0.15) is 14.7 Å². The van der Waals surface area contributed by atoms with E-state index in [-0.39, 0.29) is 0 Å². The minimum Gasteiger partial charge on any atom is -0.237 e. The van der Waals surface area contributed by atoms with Gasteiger partial charge in [0.1, 0.15) is 0 Å². The van der Waals surface area contributed by atoms with Crippen LogP contribution in [0.2, 0.25) is 0 Å². The molecule has 150 valence electrons. The van der Waals surface area contributed by atoms with Gasteiger partial charge >= 0.3 is 0 Å². The summed E-state index contributed by atoms with van der Waals surface area (Å²) in [5, 5.41) is 19.1. The Morgan fingerprint density at radius 1 is 0.967 bits per heavy atom. The number of nitrogens with zero attached hydrogens (tertiary/aromatic N) is 6. The van der Waals surface area contributed by atoms with Crippen LogP contribution in [0.1, 0.15) is 29.3 Å². The van der Waals surface area contributed by atoms with E-state index in [9.17, 15) is 0 Å². The maximum atomic E-state index is 4.85.